The molecule has 180 valence electrons. The van der Waals surface area contributed by atoms with Crippen LogP contribution in [0.4, 0.5) is 0 Å². The lowest BCUT2D eigenvalue weighted by molar-refractivity contribution is 0.254. The van der Waals surface area contributed by atoms with Crippen molar-refractivity contribution >= 4 is 21.0 Å². The third kappa shape index (κ3) is 5.91. The van der Waals surface area contributed by atoms with Gasteiger partial charge in [-0.25, -0.2) is 18.2 Å². The number of H-pyrrole nitrogens is 1. The largest absolute Gasteiger partial charge is 0.494 e. The topological polar surface area (TPSA) is 119 Å². The molecule has 2 aromatic heterocycles. The molecular weight excluding hydrogens is 446 g/mol. The second-order valence-corrected chi connectivity index (χ2v) is 10.2. The van der Waals surface area contributed by atoms with Crippen molar-refractivity contribution in [2.45, 2.75) is 44.2 Å². The van der Waals surface area contributed by atoms with Crippen LogP contribution >= 0.6 is 0 Å². The van der Waals surface area contributed by atoms with Crippen molar-refractivity contribution in [3.63, 3.8) is 0 Å². The Morgan fingerprint density at radius 1 is 1.21 bits per heavy atom. The molecular formula is C22H31N5O5S. The molecule has 2 heterocycles. The van der Waals surface area contributed by atoms with E-state index < -0.39 is 21.1 Å². The van der Waals surface area contributed by atoms with Gasteiger partial charge >= 0.3 is 5.69 Å². The molecule has 3 aromatic rings. The molecule has 10 nitrogen and oxygen atoms in total. The zero-order chi connectivity index (χ0) is 24.2. The summed E-state index contributed by atoms with van der Waals surface area (Å²) in [4.78, 5) is 33.9. The predicted octanol–water partition coefficient (Wildman–Crippen LogP) is 1.53. The van der Waals surface area contributed by atoms with Crippen molar-refractivity contribution in [1.29, 1.82) is 0 Å². The Kier molecular flexibility index (Phi) is 7.75. The predicted molar refractivity (Wildman–Crippen MR) is 127 cm³/mol. The fraction of sp³-hybridized carbons (Fsp3) is 0.500. The normalized spacial score (nSPS) is 12.0. The summed E-state index contributed by atoms with van der Waals surface area (Å²) >= 11 is 0. The summed E-state index contributed by atoms with van der Waals surface area (Å²) in [5, 5.41) is 0. The van der Waals surface area contributed by atoms with Gasteiger partial charge in [0.1, 0.15) is 11.6 Å². The zero-order valence-electron chi connectivity index (χ0n) is 19.5. The number of nitrogens with zero attached hydrogens (tertiary/aromatic N) is 4. The van der Waals surface area contributed by atoms with Crippen molar-refractivity contribution in [2.75, 3.05) is 26.5 Å². The number of fused-ring (bicyclic) bond motifs is 1. The average molecular weight is 478 g/mol. The minimum atomic E-state index is -3.28. The number of unbranched alkanes of at least 4 members (excludes halogenated alkanes) is 1. The van der Waals surface area contributed by atoms with E-state index in [1.54, 1.807) is 29.8 Å². The molecule has 0 aliphatic heterocycles. The van der Waals surface area contributed by atoms with E-state index in [1.807, 2.05) is 14.0 Å². The Morgan fingerprint density at radius 2 is 1.97 bits per heavy atom. The first-order valence-electron chi connectivity index (χ1n) is 10.9. The lowest BCUT2D eigenvalue weighted by Gasteiger charge is -2.16. The number of rotatable bonds is 11. The van der Waals surface area contributed by atoms with Gasteiger partial charge in [-0.1, -0.05) is 19.4 Å². The molecule has 0 aliphatic rings. The van der Waals surface area contributed by atoms with E-state index in [2.05, 4.69) is 14.9 Å². The Labute approximate surface area is 192 Å². The molecule has 3 rings (SSSR count). The number of hydrogen-bond acceptors (Lipinski definition) is 7. The van der Waals surface area contributed by atoms with E-state index in [1.165, 1.54) is 16.9 Å². The van der Waals surface area contributed by atoms with Crippen molar-refractivity contribution in [1.82, 2.24) is 24.0 Å². The van der Waals surface area contributed by atoms with Crippen molar-refractivity contribution in [3.05, 3.63) is 50.9 Å². The molecule has 0 bridgehead atoms. The Bertz CT molecular complexity index is 1340. The SMILES string of the molecule is CCCCn1c(=O)[nH]c(=O)c2c1nc(CN(C)CCCOc1cccc(S(C)(=O)=O)c1)n2C. The van der Waals surface area contributed by atoms with Gasteiger partial charge in [-0.2, -0.15) is 0 Å². The monoisotopic (exact) mass is 477 g/mol. The van der Waals surface area contributed by atoms with Gasteiger partial charge < -0.3 is 9.30 Å². The Hall–Kier alpha value is -2.92. The van der Waals surface area contributed by atoms with Crippen LogP contribution in [0.2, 0.25) is 0 Å². The third-order valence-electron chi connectivity index (χ3n) is 5.44. The fourth-order valence-electron chi connectivity index (χ4n) is 3.60. The van der Waals surface area contributed by atoms with Crippen molar-refractivity contribution in [3.8, 4) is 5.75 Å². The summed E-state index contributed by atoms with van der Waals surface area (Å²) in [6, 6.07) is 6.45. The molecule has 0 atom stereocenters. The maximum atomic E-state index is 12.4. The highest BCUT2D eigenvalue weighted by Gasteiger charge is 2.17. The summed E-state index contributed by atoms with van der Waals surface area (Å²) in [6.07, 6.45) is 3.63. The van der Waals surface area contributed by atoms with Gasteiger partial charge in [-0.05, 0) is 38.1 Å². The molecule has 0 spiro atoms. The van der Waals surface area contributed by atoms with Crippen molar-refractivity contribution in [2.24, 2.45) is 7.05 Å². The highest BCUT2D eigenvalue weighted by molar-refractivity contribution is 7.90. The minimum absolute atomic E-state index is 0.228. The second-order valence-electron chi connectivity index (χ2n) is 8.21. The number of hydrogen-bond donors (Lipinski definition) is 1. The summed E-state index contributed by atoms with van der Waals surface area (Å²) in [7, 11) is 0.444. The molecule has 1 N–H and O–H groups in total. The lowest BCUT2D eigenvalue weighted by Crippen LogP contribution is -2.31. The highest BCUT2D eigenvalue weighted by atomic mass is 32.2. The van der Waals surface area contributed by atoms with Gasteiger partial charge in [0.2, 0.25) is 0 Å². The molecule has 0 aliphatic carbocycles. The minimum Gasteiger partial charge on any atom is -0.494 e. The first-order valence-corrected chi connectivity index (χ1v) is 12.8. The molecule has 0 saturated heterocycles. The number of benzene rings is 1. The van der Waals surface area contributed by atoms with Crippen molar-refractivity contribution < 1.29 is 13.2 Å². The van der Waals surface area contributed by atoms with Crippen LogP contribution in [0.3, 0.4) is 0 Å². The van der Waals surface area contributed by atoms with E-state index in [9.17, 15) is 18.0 Å². The smallest absolute Gasteiger partial charge is 0.330 e. The van der Waals surface area contributed by atoms with Gasteiger partial charge in [-0.3, -0.25) is 19.2 Å². The van der Waals surface area contributed by atoms with E-state index in [4.69, 9.17) is 4.74 Å². The molecule has 33 heavy (non-hydrogen) atoms. The molecule has 0 unspecified atom stereocenters. The van der Waals surface area contributed by atoms with Crippen LogP contribution in [0, 0.1) is 0 Å². The van der Waals surface area contributed by atoms with Crippen LogP contribution in [-0.4, -0.2) is 58.9 Å². The molecule has 11 heteroatoms. The van der Waals surface area contributed by atoms with E-state index >= 15 is 0 Å². The van der Waals surface area contributed by atoms with Crippen LogP contribution in [0.5, 0.6) is 5.75 Å². The van der Waals surface area contributed by atoms with Crippen LogP contribution in [0.1, 0.15) is 32.0 Å². The quantitative estimate of drug-likeness (QED) is 0.416. The number of aromatic nitrogens is 4. The van der Waals surface area contributed by atoms with Crippen LogP contribution in [0.25, 0.3) is 11.2 Å². The van der Waals surface area contributed by atoms with Gasteiger partial charge in [0, 0.05) is 26.4 Å². The molecule has 0 fully saturated rings. The standard InChI is InChI=1S/C22H31N5O5S/c1-5-6-12-27-20-19(21(28)24-22(27)29)26(3)18(23-20)15-25(2)11-8-13-32-16-9-7-10-17(14-16)33(4,30)31/h7,9-10,14H,5-6,8,11-13,15H2,1-4H3,(H,24,28,29). The average Bonchev–Trinajstić information content (AvgIpc) is 3.07. The Morgan fingerprint density at radius 3 is 2.67 bits per heavy atom. The molecule has 0 amide bonds. The highest BCUT2D eigenvalue weighted by Crippen LogP contribution is 2.17. The first-order chi connectivity index (χ1) is 15.6. The zero-order valence-corrected chi connectivity index (χ0v) is 20.3. The number of aromatic amines is 1. The van der Waals surface area contributed by atoms with Gasteiger partial charge in [-0.15, -0.1) is 0 Å². The van der Waals surface area contributed by atoms with Gasteiger partial charge in [0.15, 0.2) is 21.0 Å². The summed E-state index contributed by atoms with van der Waals surface area (Å²) < 4.78 is 32.3. The first kappa shape index (κ1) is 24.7. The summed E-state index contributed by atoms with van der Waals surface area (Å²) in [5.41, 5.74) is -0.0622. The number of imidazole rings is 1. The van der Waals surface area contributed by atoms with E-state index in [0.29, 0.717) is 55.4 Å². The van der Waals surface area contributed by atoms with E-state index in [0.717, 1.165) is 12.8 Å². The second kappa shape index (κ2) is 10.3. The molecule has 0 radical (unpaired) electrons. The molecule has 1 aromatic carbocycles. The summed E-state index contributed by atoms with van der Waals surface area (Å²) in [6.45, 7) is 4.17. The van der Waals surface area contributed by atoms with E-state index in [-0.39, 0.29) is 4.90 Å². The third-order valence-corrected chi connectivity index (χ3v) is 6.55. The Balaban J connectivity index is 1.64. The lowest BCUT2D eigenvalue weighted by atomic mass is 10.3. The number of nitrogens with one attached hydrogen (secondary N) is 1. The van der Waals surface area contributed by atoms with Crippen LogP contribution < -0.4 is 16.0 Å². The van der Waals surface area contributed by atoms with Gasteiger partial charge in [0.25, 0.3) is 5.56 Å². The number of aryl methyl sites for hydroxylation is 2. The number of sulfone groups is 1. The van der Waals surface area contributed by atoms with Crippen LogP contribution in [0.15, 0.2) is 38.8 Å². The maximum Gasteiger partial charge on any atom is 0.330 e. The van der Waals surface area contributed by atoms with Crippen LogP contribution in [-0.2, 0) is 30.0 Å². The van der Waals surface area contributed by atoms with Gasteiger partial charge in [0.05, 0.1) is 18.0 Å². The molecule has 0 saturated carbocycles. The fourth-order valence-corrected chi connectivity index (χ4v) is 4.25. The number of ether oxygens (including phenoxy) is 1. The maximum absolute atomic E-state index is 12.4. The summed E-state index contributed by atoms with van der Waals surface area (Å²) in [5.74, 6) is 1.20.